The van der Waals surface area contributed by atoms with E-state index in [1.54, 1.807) is 6.07 Å². The summed E-state index contributed by atoms with van der Waals surface area (Å²) in [4.78, 5) is 0. The Labute approximate surface area is 166 Å². The van der Waals surface area contributed by atoms with E-state index in [1.807, 2.05) is 36.4 Å². The molecule has 3 rings (SSSR count). The summed E-state index contributed by atoms with van der Waals surface area (Å²) in [6.45, 7) is 5.92. The zero-order valence-electron chi connectivity index (χ0n) is 16.3. The van der Waals surface area contributed by atoms with Gasteiger partial charge in [-0.2, -0.15) is 0 Å². The number of allylic oxidation sites excluding steroid dienone is 2. The van der Waals surface area contributed by atoms with Gasteiger partial charge in [0.2, 0.25) is 0 Å². The maximum Gasteiger partial charge on any atom is 0.458 e. The van der Waals surface area contributed by atoms with Crippen LogP contribution in [0.4, 0.5) is 0 Å². The van der Waals surface area contributed by atoms with Crippen LogP contribution in [-0.2, 0) is 4.65 Å². The summed E-state index contributed by atoms with van der Waals surface area (Å²) < 4.78 is 5.71. The van der Waals surface area contributed by atoms with E-state index in [0.717, 1.165) is 34.8 Å². The molecule has 1 heterocycles. The fourth-order valence-electron chi connectivity index (χ4n) is 3.68. The van der Waals surface area contributed by atoms with E-state index in [1.165, 1.54) is 5.57 Å². The van der Waals surface area contributed by atoms with Gasteiger partial charge in [0.15, 0.2) is 0 Å². The molecule has 0 fully saturated rings. The number of benzene rings is 2. The third-order valence-electron chi connectivity index (χ3n) is 5.28. The van der Waals surface area contributed by atoms with Gasteiger partial charge in [-0.05, 0) is 47.4 Å². The van der Waals surface area contributed by atoms with Gasteiger partial charge in [0.25, 0.3) is 0 Å². The Kier molecular flexibility index (Phi) is 6.73. The highest BCUT2D eigenvalue weighted by Gasteiger charge is 2.27. The molecular formula is C23H27BO4. The van der Waals surface area contributed by atoms with E-state index < -0.39 is 7.12 Å². The summed E-state index contributed by atoms with van der Waals surface area (Å²) in [5.41, 5.74) is 3.86. The molecule has 1 atom stereocenters. The second-order valence-corrected chi connectivity index (χ2v) is 7.15. The molecule has 1 aliphatic heterocycles. The molecule has 0 spiro atoms. The molecule has 4 nitrogen and oxygen atoms in total. The Balaban J connectivity index is 1.81. The normalized spacial score (nSPS) is 17.7. The van der Waals surface area contributed by atoms with E-state index >= 15 is 0 Å². The first-order chi connectivity index (χ1) is 13.5. The molecular weight excluding hydrogens is 351 g/mol. The third kappa shape index (κ3) is 4.55. The van der Waals surface area contributed by atoms with E-state index in [-0.39, 0.29) is 18.5 Å². The van der Waals surface area contributed by atoms with Gasteiger partial charge in [-0.15, -0.1) is 0 Å². The predicted molar refractivity (Wildman–Crippen MR) is 115 cm³/mol. The lowest BCUT2D eigenvalue weighted by molar-refractivity contribution is 0.180. The highest BCUT2D eigenvalue weighted by molar-refractivity contribution is 6.43. The Morgan fingerprint density at radius 1 is 1.25 bits per heavy atom. The largest absolute Gasteiger partial charge is 0.507 e. The summed E-state index contributed by atoms with van der Waals surface area (Å²) in [7, 11) is -0.810. The summed E-state index contributed by atoms with van der Waals surface area (Å²) in [5.74, 6) is 0.285. The number of phenols is 1. The fourth-order valence-corrected chi connectivity index (χ4v) is 3.68. The van der Waals surface area contributed by atoms with Crippen LogP contribution in [-0.4, -0.2) is 35.1 Å². The lowest BCUT2D eigenvalue weighted by Crippen LogP contribution is -2.32. The van der Waals surface area contributed by atoms with E-state index in [0.29, 0.717) is 18.3 Å². The number of hydrogen-bond acceptors (Lipinski definition) is 4. The Bertz CT molecular complexity index is 916. The number of aliphatic hydroxyl groups excluding tert-OH is 1. The van der Waals surface area contributed by atoms with Gasteiger partial charge in [0.05, 0.1) is 12.7 Å². The molecule has 1 unspecified atom stereocenters. The van der Waals surface area contributed by atoms with Gasteiger partial charge in [0.1, 0.15) is 5.75 Å². The second kappa shape index (κ2) is 9.24. The molecule has 0 amide bonds. The zero-order valence-corrected chi connectivity index (χ0v) is 16.3. The van der Waals surface area contributed by atoms with Crippen molar-refractivity contribution in [3.63, 3.8) is 0 Å². The fraction of sp³-hybridized carbons (Fsp3) is 0.304. The van der Waals surface area contributed by atoms with E-state index in [4.69, 9.17) is 4.65 Å². The second-order valence-electron chi connectivity index (χ2n) is 7.15. The first-order valence-electron chi connectivity index (χ1n) is 9.76. The van der Waals surface area contributed by atoms with Gasteiger partial charge in [0, 0.05) is 11.7 Å². The maximum absolute atomic E-state index is 10.1. The number of aliphatic hydroxyl groups is 1. The summed E-state index contributed by atoms with van der Waals surface area (Å²) >= 11 is 0. The van der Waals surface area contributed by atoms with Crippen molar-refractivity contribution in [2.24, 2.45) is 0 Å². The minimum absolute atomic E-state index is 0.113. The Morgan fingerprint density at radius 2 is 2.00 bits per heavy atom. The van der Waals surface area contributed by atoms with Crippen LogP contribution in [0.15, 0.2) is 65.8 Å². The molecule has 1 aliphatic rings. The molecule has 5 heteroatoms. The Hall–Kier alpha value is -2.34. The topological polar surface area (TPSA) is 69.9 Å². The van der Waals surface area contributed by atoms with Crippen molar-refractivity contribution in [1.82, 2.24) is 0 Å². The molecule has 2 aromatic rings. The molecule has 146 valence electrons. The SMILES string of the molecule is C=C(CO)C1=CCB(O)OC1CC/C(=C/c1ccc(O)c2ccccc12)CC. The van der Waals surface area contributed by atoms with Crippen LogP contribution in [0.1, 0.15) is 31.7 Å². The summed E-state index contributed by atoms with van der Waals surface area (Å²) in [6.07, 6.45) is 6.64. The molecule has 0 saturated carbocycles. The molecule has 2 aromatic carbocycles. The lowest BCUT2D eigenvalue weighted by atomic mass is 9.78. The van der Waals surface area contributed by atoms with Crippen LogP contribution in [0.5, 0.6) is 5.75 Å². The van der Waals surface area contributed by atoms with Crippen LogP contribution < -0.4 is 0 Å². The first kappa shape index (κ1) is 20.4. The lowest BCUT2D eigenvalue weighted by Gasteiger charge is -2.28. The predicted octanol–water partition coefficient (Wildman–Crippen LogP) is 4.47. The van der Waals surface area contributed by atoms with Crippen LogP contribution in [0, 0.1) is 0 Å². The molecule has 3 N–H and O–H groups in total. The minimum Gasteiger partial charge on any atom is -0.507 e. The van der Waals surface area contributed by atoms with E-state index in [9.17, 15) is 15.2 Å². The number of phenolic OH excluding ortho intramolecular Hbond substituents is 1. The number of rotatable bonds is 7. The van der Waals surface area contributed by atoms with Gasteiger partial charge in [-0.3, -0.25) is 0 Å². The van der Waals surface area contributed by atoms with Gasteiger partial charge in [-0.1, -0.05) is 61.6 Å². The van der Waals surface area contributed by atoms with Crippen molar-refractivity contribution in [2.75, 3.05) is 6.61 Å². The quantitative estimate of drug-likeness (QED) is 0.622. The smallest absolute Gasteiger partial charge is 0.458 e. The first-order valence-corrected chi connectivity index (χ1v) is 9.76. The van der Waals surface area contributed by atoms with Gasteiger partial charge < -0.3 is 19.9 Å². The monoisotopic (exact) mass is 378 g/mol. The van der Waals surface area contributed by atoms with Crippen LogP contribution in [0.3, 0.4) is 0 Å². The number of fused-ring (bicyclic) bond motifs is 1. The number of aromatic hydroxyl groups is 1. The van der Waals surface area contributed by atoms with Crippen molar-refractivity contribution >= 4 is 24.0 Å². The highest BCUT2D eigenvalue weighted by Crippen LogP contribution is 2.31. The van der Waals surface area contributed by atoms with E-state index in [2.05, 4.69) is 19.6 Å². The van der Waals surface area contributed by atoms with Crippen LogP contribution >= 0.6 is 0 Å². The molecule has 0 bridgehead atoms. The maximum atomic E-state index is 10.1. The van der Waals surface area contributed by atoms with Crippen LogP contribution in [0.2, 0.25) is 6.32 Å². The van der Waals surface area contributed by atoms with Gasteiger partial charge >= 0.3 is 7.12 Å². The molecule has 0 aromatic heterocycles. The average Bonchev–Trinajstić information content (AvgIpc) is 2.72. The standard InChI is InChI=1S/C23H27BO4/c1-3-17(8-11-23-19(16(2)15-25)12-13-24(27)28-23)14-18-9-10-22(26)21-7-5-4-6-20(18)21/h4-7,9-10,12,14,23,25-27H,2-3,8,11,13,15H2,1H3/b17-14+. The highest BCUT2D eigenvalue weighted by atomic mass is 16.5. The zero-order chi connectivity index (χ0) is 20.1. The molecule has 0 saturated heterocycles. The summed E-state index contributed by atoms with van der Waals surface area (Å²) in [5, 5.41) is 31.2. The van der Waals surface area contributed by atoms with Crippen molar-refractivity contribution < 1.29 is 19.9 Å². The molecule has 0 radical (unpaired) electrons. The molecule has 0 aliphatic carbocycles. The van der Waals surface area contributed by atoms with Crippen molar-refractivity contribution in [3.05, 3.63) is 71.3 Å². The van der Waals surface area contributed by atoms with Crippen LogP contribution in [0.25, 0.3) is 16.8 Å². The van der Waals surface area contributed by atoms with Gasteiger partial charge in [-0.25, -0.2) is 0 Å². The third-order valence-corrected chi connectivity index (χ3v) is 5.28. The van der Waals surface area contributed by atoms with Crippen molar-refractivity contribution in [3.8, 4) is 5.75 Å². The van der Waals surface area contributed by atoms with Crippen molar-refractivity contribution in [2.45, 2.75) is 38.6 Å². The number of hydrogen-bond donors (Lipinski definition) is 3. The van der Waals surface area contributed by atoms with Crippen molar-refractivity contribution in [1.29, 1.82) is 0 Å². The average molecular weight is 378 g/mol. The minimum atomic E-state index is -0.810. The molecule has 28 heavy (non-hydrogen) atoms. The Morgan fingerprint density at radius 3 is 2.71 bits per heavy atom. The summed E-state index contributed by atoms with van der Waals surface area (Å²) in [6, 6.07) is 11.5.